The molecule has 92 valence electrons. The highest BCUT2D eigenvalue weighted by molar-refractivity contribution is 5.75. The number of oxazole rings is 1. The number of benzene rings is 1. The van der Waals surface area contributed by atoms with Crippen molar-refractivity contribution in [2.24, 2.45) is 0 Å². The molecule has 1 aromatic heterocycles. The standard InChI is InChI=1S/C11H9N3O4/c12-5-1-2-6-13-9-7-8(14(16)17)3-4-10(9)18-11(13)15/h3-4,7H,1-2,6H2. The highest BCUT2D eigenvalue weighted by Crippen LogP contribution is 2.20. The number of aryl methyl sites for hydroxylation is 1. The van der Waals surface area contributed by atoms with Crippen LogP contribution in [0.2, 0.25) is 0 Å². The molecule has 2 aromatic rings. The second-order valence-corrected chi connectivity index (χ2v) is 3.69. The maximum absolute atomic E-state index is 11.6. The van der Waals surface area contributed by atoms with E-state index >= 15 is 0 Å². The van der Waals surface area contributed by atoms with Crippen LogP contribution >= 0.6 is 0 Å². The molecular formula is C11H9N3O4. The Morgan fingerprint density at radius 1 is 1.50 bits per heavy atom. The van der Waals surface area contributed by atoms with Gasteiger partial charge < -0.3 is 4.42 Å². The molecule has 18 heavy (non-hydrogen) atoms. The molecule has 7 nitrogen and oxygen atoms in total. The molecule has 0 bridgehead atoms. The molecule has 0 N–H and O–H groups in total. The van der Waals surface area contributed by atoms with Crippen LogP contribution in [0.3, 0.4) is 0 Å². The molecule has 7 heteroatoms. The second-order valence-electron chi connectivity index (χ2n) is 3.69. The lowest BCUT2D eigenvalue weighted by Gasteiger charge is -1.98. The van der Waals surface area contributed by atoms with E-state index in [1.54, 1.807) is 0 Å². The average Bonchev–Trinajstić information content (AvgIpc) is 2.65. The van der Waals surface area contributed by atoms with Crippen LogP contribution in [-0.2, 0) is 6.54 Å². The number of unbranched alkanes of at least 4 members (excludes halogenated alkanes) is 1. The van der Waals surface area contributed by atoms with E-state index in [9.17, 15) is 14.9 Å². The van der Waals surface area contributed by atoms with Gasteiger partial charge in [-0.05, 0) is 12.5 Å². The molecule has 2 rings (SSSR count). The largest absolute Gasteiger partial charge is 0.419 e. The van der Waals surface area contributed by atoms with E-state index < -0.39 is 10.7 Å². The van der Waals surface area contributed by atoms with Crippen molar-refractivity contribution in [1.82, 2.24) is 4.57 Å². The number of fused-ring (bicyclic) bond motifs is 1. The zero-order valence-corrected chi connectivity index (χ0v) is 9.33. The molecule has 0 aliphatic rings. The van der Waals surface area contributed by atoms with Crippen molar-refractivity contribution in [3.63, 3.8) is 0 Å². The topological polar surface area (TPSA) is 102 Å². The first-order valence-electron chi connectivity index (χ1n) is 5.28. The van der Waals surface area contributed by atoms with Gasteiger partial charge in [0, 0.05) is 25.1 Å². The molecule has 0 fully saturated rings. The first-order chi connectivity index (χ1) is 8.63. The summed E-state index contributed by atoms with van der Waals surface area (Å²) in [6, 6.07) is 5.95. The Bertz CT molecular complexity index is 692. The second kappa shape index (κ2) is 4.71. The third-order valence-electron chi connectivity index (χ3n) is 2.53. The highest BCUT2D eigenvalue weighted by Gasteiger charge is 2.13. The molecule has 0 aliphatic carbocycles. The number of nitrogens with zero attached hydrogens (tertiary/aromatic N) is 3. The molecule has 0 aliphatic heterocycles. The summed E-state index contributed by atoms with van der Waals surface area (Å²) < 4.78 is 6.27. The van der Waals surface area contributed by atoms with Crippen molar-refractivity contribution in [2.45, 2.75) is 19.4 Å². The van der Waals surface area contributed by atoms with Crippen molar-refractivity contribution in [3.8, 4) is 6.07 Å². The zero-order valence-electron chi connectivity index (χ0n) is 9.33. The lowest BCUT2D eigenvalue weighted by Crippen LogP contribution is -2.14. The van der Waals surface area contributed by atoms with Crippen molar-refractivity contribution < 1.29 is 9.34 Å². The van der Waals surface area contributed by atoms with Crippen LogP contribution in [0.1, 0.15) is 12.8 Å². The first-order valence-corrected chi connectivity index (χ1v) is 5.28. The third kappa shape index (κ3) is 2.08. The molecule has 0 saturated heterocycles. The highest BCUT2D eigenvalue weighted by atomic mass is 16.6. The molecule has 0 saturated carbocycles. The van der Waals surface area contributed by atoms with Crippen molar-refractivity contribution >= 4 is 16.8 Å². The molecule has 0 atom stereocenters. The van der Waals surface area contributed by atoms with Gasteiger partial charge in [0.1, 0.15) is 0 Å². The van der Waals surface area contributed by atoms with Gasteiger partial charge in [0.2, 0.25) is 0 Å². The smallest absolute Gasteiger partial charge is 0.408 e. The monoisotopic (exact) mass is 247 g/mol. The number of aromatic nitrogens is 1. The van der Waals surface area contributed by atoms with Gasteiger partial charge in [-0.25, -0.2) is 4.79 Å². The Labute approximate surface area is 101 Å². The Balaban J connectivity index is 2.47. The summed E-state index contributed by atoms with van der Waals surface area (Å²) in [6.07, 6.45) is 0.807. The number of hydrogen-bond donors (Lipinski definition) is 0. The Morgan fingerprint density at radius 3 is 2.94 bits per heavy atom. The van der Waals surface area contributed by atoms with Gasteiger partial charge in [0.05, 0.1) is 16.5 Å². The minimum atomic E-state index is -0.566. The van der Waals surface area contributed by atoms with E-state index in [4.69, 9.17) is 9.68 Å². The van der Waals surface area contributed by atoms with E-state index in [0.29, 0.717) is 30.5 Å². The van der Waals surface area contributed by atoms with E-state index in [2.05, 4.69) is 0 Å². The Morgan fingerprint density at radius 2 is 2.28 bits per heavy atom. The number of nitro groups is 1. The fourth-order valence-corrected chi connectivity index (χ4v) is 1.69. The fourth-order valence-electron chi connectivity index (χ4n) is 1.69. The summed E-state index contributed by atoms with van der Waals surface area (Å²) in [7, 11) is 0. The van der Waals surface area contributed by atoms with Gasteiger partial charge in [-0.1, -0.05) is 0 Å². The number of hydrogen-bond acceptors (Lipinski definition) is 5. The van der Waals surface area contributed by atoms with Crippen LogP contribution in [-0.4, -0.2) is 9.49 Å². The normalized spacial score (nSPS) is 10.4. The lowest BCUT2D eigenvalue weighted by atomic mass is 10.2. The zero-order chi connectivity index (χ0) is 13.1. The predicted octanol–water partition coefficient (Wildman–Crippen LogP) is 1.81. The minimum absolute atomic E-state index is 0.0997. The van der Waals surface area contributed by atoms with Gasteiger partial charge in [0.15, 0.2) is 5.58 Å². The maximum Gasteiger partial charge on any atom is 0.419 e. The van der Waals surface area contributed by atoms with Crippen LogP contribution in [0.4, 0.5) is 5.69 Å². The molecule has 1 heterocycles. The molecule has 0 unspecified atom stereocenters. The summed E-state index contributed by atoms with van der Waals surface area (Å²) in [6.45, 7) is 0.306. The van der Waals surface area contributed by atoms with Gasteiger partial charge in [0.25, 0.3) is 5.69 Å². The van der Waals surface area contributed by atoms with Crippen molar-refractivity contribution in [2.75, 3.05) is 0 Å². The molecule has 0 radical (unpaired) electrons. The van der Waals surface area contributed by atoms with E-state index in [1.165, 1.54) is 22.8 Å². The van der Waals surface area contributed by atoms with Crippen molar-refractivity contribution in [3.05, 3.63) is 38.9 Å². The summed E-state index contributed by atoms with van der Waals surface area (Å²) in [5.41, 5.74) is 0.590. The Kier molecular flexibility index (Phi) is 3.10. The van der Waals surface area contributed by atoms with E-state index in [-0.39, 0.29) is 5.69 Å². The molecular weight excluding hydrogens is 238 g/mol. The maximum atomic E-state index is 11.6. The summed E-state index contributed by atoms with van der Waals surface area (Å²) in [5.74, 6) is -0.566. The number of nitro benzene ring substituents is 1. The Hall–Kier alpha value is -2.62. The van der Waals surface area contributed by atoms with E-state index in [0.717, 1.165) is 0 Å². The minimum Gasteiger partial charge on any atom is -0.408 e. The summed E-state index contributed by atoms with van der Waals surface area (Å²) in [5, 5.41) is 19.1. The van der Waals surface area contributed by atoms with Crippen LogP contribution in [0, 0.1) is 21.4 Å². The average molecular weight is 247 g/mol. The third-order valence-corrected chi connectivity index (χ3v) is 2.53. The van der Waals surface area contributed by atoms with Crippen LogP contribution in [0.5, 0.6) is 0 Å². The molecule has 1 aromatic carbocycles. The summed E-state index contributed by atoms with van der Waals surface area (Å²) >= 11 is 0. The SMILES string of the molecule is N#CCCCn1c(=O)oc2ccc([N+](=O)[O-])cc21. The van der Waals surface area contributed by atoms with Gasteiger partial charge in [-0.15, -0.1) is 0 Å². The number of non-ortho nitro benzene ring substituents is 1. The van der Waals surface area contributed by atoms with E-state index in [1.807, 2.05) is 6.07 Å². The van der Waals surface area contributed by atoms with Crippen LogP contribution < -0.4 is 5.76 Å². The molecule has 0 amide bonds. The van der Waals surface area contributed by atoms with Crippen molar-refractivity contribution in [1.29, 1.82) is 5.26 Å². The van der Waals surface area contributed by atoms with Gasteiger partial charge in [-0.3, -0.25) is 14.7 Å². The number of rotatable bonds is 4. The fraction of sp³-hybridized carbons (Fsp3) is 0.273. The quantitative estimate of drug-likeness (QED) is 0.465. The lowest BCUT2D eigenvalue weighted by molar-refractivity contribution is -0.384. The van der Waals surface area contributed by atoms with Crippen LogP contribution in [0.15, 0.2) is 27.4 Å². The molecule has 0 spiro atoms. The van der Waals surface area contributed by atoms with Gasteiger partial charge >= 0.3 is 5.76 Å². The van der Waals surface area contributed by atoms with Crippen LogP contribution in [0.25, 0.3) is 11.1 Å². The first kappa shape index (κ1) is 11.9. The van der Waals surface area contributed by atoms with Gasteiger partial charge in [-0.2, -0.15) is 5.26 Å². The summed E-state index contributed by atoms with van der Waals surface area (Å²) in [4.78, 5) is 21.7. The number of nitriles is 1. The predicted molar refractivity (Wildman–Crippen MR) is 62.0 cm³/mol.